The van der Waals surface area contributed by atoms with Crippen molar-refractivity contribution in [3.63, 3.8) is 0 Å². The van der Waals surface area contributed by atoms with Crippen molar-refractivity contribution in [3.8, 4) is 0 Å². The van der Waals surface area contributed by atoms with Crippen LogP contribution in [0.3, 0.4) is 0 Å². The molecule has 0 radical (unpaired) electrons. The van der Waals surface area contributed by atoms with Crippen LogP contribution in [0.5, 0.6) is 0 Å². The third-order valence-electron chi connectivity index (χ3n) is 5.39. The summed E-state index contributed by atoms with van der Waals surface area (Å²) in [6, 6.07) is -4.71. The number of carbonyl (C=O) groups is 5. The fourth-order valence-corrected chi connectivity index (χ4v) is 3.75. The monoisotopic (exact) mass is 590 g/mol. The molecular formula is C22H42N10O7S. The molecule has 0 bridgehead atoms. The van der Waals surface area contributed by atoms with E-state index in [-0.39, 0.29) is 57.1 Å². The van der Waals surface area contributed by atoms with Gasteiger partial charge in [0.15, 0.2) is 11.9 Å². The van der Waals surface area contributed by atoms with Gasteiger partial charge >= 0.3 is 11.9 Å². The Hall–Kier alpha value is -3.80. The number of aliphatic imine (C=N–C) groups is 2. The number of aliphatic carboxylic acids is 2. The van der Waals surface area contributed by atoms with E-state index in [1.54, 1.807) is 0 Å². The van der Waals surface area contributed by atoms with E-state index in [4.69, 9.17) is 33.8 Å². The molecule has 0 aromatic carbocycles. The molecule has 0 aliphatic heterocycles. The molecule has 4 atom stereocenters. The topological polar surface area (TPSA) is 317 Å². The van der Waals surface area contributed by atoms with E-state index in [1.165, 1.54) is 11.8 Å². The van der Waals surface area contributed by atoms with Gasteiger partial charge in [-0.15, -0.1) is 0 Å². The highest BCUT2D eigenvalue weighted by Gasteiger charge is 2.30. The maximum Gasteiger partial charge on any atom is 0.326 e. The summed E-state index contributed by atoms with van der Waals surface area (Å²) in [7, 11) is 0. The summed E-state index contributed by atoms with van der Waals surface area (Å²) in [6.45, 7) is 0.408. The van der Waals surface area contributed by atoms with Gasteiger partial charge in [0.05, 0.1) is 6.04 Å². The van der Waals surface area contributed by atoms with Crippen molar-refractivity contribution >= 4 is 53.3 Å². The Morgan fingerprint density at radius 3 is 1.68 bits per heavy atom. The number of nitrogens with two attached hydrogens (primary N) is 5. The predicted octanol–water partition coefficient (Wildman–Crippen LogP) is -3.42. The van der Waals surface area contributed by atoms with Crippen LogP contribution < -0.4 is 44.6 Å². The van der Waals surface area contributed by atoms with Crippen LogP contribution in [0.25, 0.3) is 0 Å². The van der Waals surface area contributed by atoms with Gasteiger partial charge in [-0.05, 0) is 50.5 Å². The van der Waals surface area contributed by atoms with Crippen LogP contribution in [-0.2, 0) is 24.0 Å². The Morgan fingerprint density at radius 2 is 1.20 bits per heavy atom. The summed E-state index contributed by atoms with van der Waals surface area (Å²) in [5, 5.41) is 25.7. The molecule has 40 heavy (non-hydrogen) atoms. The number of hydrogen-bond acceptors (Lipinski definition) is 9. The molecule has 4 unspecified atom stereocenters. The summed E-state index contributed by atoms with van der Waals surface area (Å²) in [4.78, 5) is 68.8. The van der Waals surface area contributed by atoms with E-state index in [0.29, 0.717) is 12.2 Å². The van der Waals surface area contributed by atoms with Crippen molar-refractivity contribution in [2.45, 2.75) is 69.1 Å². The van der Waals surface area contributed by atoms with E-state index in [1.807, 2.05) is 6.26 Å². The third-order valence-corrected chi connectivity index (χ3v) is 6.03. The number of nitrogens with zero attached hydrogens (tertiary/aromatic N) is 2. The molecule has 0 aliphatic carbocycles. The van der Waals surface area contributed by atoms with Gasteiger partial charge in [0.25, 0.3) is 0 Å². The molecular weight excluding hydrogens is 548 g/mol. The second kappa shape index (κ2) is 20.2. The lowest BCUT2D eigenvalue weighted by Crippen LogP contribution is -2.57. The van der Waals surface area contributed by atoms with E-state index in [0.717, 1.165) is 0 Å². The lowest BCUT2D eigenvalue weighted by molar-refractivity contribution is -0.143. The molecule has 0 saturated carbocycles. The molecule has 0 aromatic heterocycles. The molecule has 0 spiro atoms. The normalized spacial score (nSPS) is 13.6. The zero-order chi connectivity index (χ0) is 30.7. The number of thioether (sulfide) groups is 1. The van der Waals surface area contributed by atoms with E-state index >= 15 is 0 Å². The van der Waals surface area contributed by atoms with E-state index < -0.39 is 60.2 Å². The number of carboxylic acids is 2. The highest BCUT2D eigenvalue weighted by Crippen LogP contribution is 2.07. The predicted molar refractivity (Wildman–Crippen MR) is 151 cm³/mol. The highest BCUT2D eigenvalue weighted by molar-refractivity contribution is 7.98. The van der Waals surface area contributed by atoms with Gasteiger partial charge < -0.3 is 54.8 Å². The summed E-state index contributed by atoms with van der Waals surface area (Å²) in [5.74, 6) is -4.53. The second-order valence-electron chi connectivity index (χ2n) is 8.74. The second-order valence-corrected chi connectivity index (χ2v) is 9.73. The Kier molecular flexibility index (Phi) is 18.2. The fourth-order valence-electron chi connectivity index (χ4n) is 3.28. The Labute approximate surface area is 236 Å². The summed E-state index contributed by atoms with van der Waals surface area (Å²) < 4.78 is 0. The first-order chi connectivity index (χ1) is 18.8. The van der Waals surface area contributed by atoms with Crippen LogP contribution in [0.2, 0.25) is 0 Å². The van der Waals surface area contributed by atoms with Gasteiger partial charge in [-0.3, -0.25) is 29.2 Å². The molecule has 228 valence electrons. The van der Waals surface area contributed by atoms with Gasteiger partial charge in [0, 0.05) is 19.5 Å². The molecule has 0 saturated heterocycles. The smallest absolute Gasteiger partial charge is 0.326 e. The average Bonchev–Trinajstić information content (AvgIpc) is 2.87. The van der Waals surface area contributed by atoms with Crippen LogP contribution in [0, 0.1) is 0 Å². The molecule has 18 heteroatoms. The van der Waals surface area contributed by atoms with Crippen LogP contribution in [0.1, 0.15) is 44.9 Å². The summed E-state index contributed by atoms with van der Waals surface area (Å²) >= 11 is 1.43. The molecule has 0 heterocycles. The van der Waals surface area contributed by atoms with Crippen LogP contribution in [0.15, 0.2) is 9.98 Å². The van der Waals surface area contributed by atoms with Crippen LogP contribution >= 0.6 is 11.8 Å². The van der Waals surface area contributed by atoms with Crippen molar-refractivity contribution in [2.75, 3.05) is 25.1 Å². The maximum absolute atomic E-state index is 13.2. The highest BCUT2D eigenvalue weighted by atomic mass is 32.2. The Morgan fingerprint density at radius 1 is 0.725 bits per heavy atom. The number of carboxylic acid groups (broad SMARTS) is 2. The summed E-state index contributed by atoms with van der Waals surface area (Å²) in [6.07, 6.45) is 2.12. The molecule has 0 aromatic rings. The number of hydrogen-bond donors (Lipinski definition) is 10. The SMILES string of the molecule is CSCCC(NC(=O)C(N)CCCN=C(N)N)C(=O)NC(CCCN=C(N)N)C(=O)NC(CCC(=O)O)C(=O)O. The lowest BCUT2D eigenvalue weighted by atomic mass is 10.1. The van der Waals surface area contributed by atoms with Crippen LogP contribution in [0.4, 0.5) is 0 Å². The standard InChI is InChI=1S/C22H42N10O7S/c1-40-11-8-14(30-17(35)12(23)4-2-9-28-21(24)25)19(37)31-13(5-3-10-29-22(26)27)18(36)32-15(20(38)39)6-7-16(33)34/h12-15H,2-11,23H2,1H3,(H,30,35)(H,31,37)(H,32,36)(H,33,34)(H,38,39)(H4,24,25,28)(H4,26,27,29). The van der Waals surface area contributed by atoms with Gasteiger partial charge in [0.2, 0.25) is 17.7 Å². The lowest BCUT2D eigenvalue weighted by Gasteiger charge is -2.25. The number of carbonyl (C=O) groups excluding carboxylic acids is 3. The Bertz CT molecular complexity index is 910. The minimum absolute atomic E-state index is 0.0210. The fraction of sp³-hybridized carbons (Fsp3) is 0.682. The number of nitrogens with one attached hydrogen (secondary N) is 3. The first kappa shape index (κ1) is 36.2. The van der Waals surface area contributed by atoms with Gasteiger partial charge in [-0.25, -0.2) is 4.79 Å². The molecule has 0 aliphatic rings. The van der Waals surface area contributed by atoms with Gasteiger partial charge in [-0.1, -0.05) is 0 Å². The van der Waals surface area contributed by atoms with Gasteiger partial charge in [-0.2, -0.15) is 11.8 Å². The largest absolute Gasteiger partial charge is 0.481 e. The number of amides is 3. The molecule has 3 amide bonds. The van der Waals surface area contributed by atoms with E-state index in [2.05, 4.69) is 25.9 Å². The minimum atomic E-state index is -1.50. The van der Waals surface area contributed by atoms with Crippen molar-refractivity contribution in [1.29, 1.82) is 0 Å². The molecule has 0 rings (SSSR count). The minimum Gasteiger partial charge on any atom is -0.481 e. The van der Waals surface area contributed by atoms with E-state index in [9.17, 15) is 29.1 Å². The average molecular weight is 591 g/mol. The van der Waals surface area contributed by atoms with Crippen molar-refractivity contribution in [1.82, 2.24) is 16.0 Å². The third kappa shape index (κ3) is 16.9. The first-order valence-electron chi connectivity index (χ1n) is 12.5. The van der Waals surface area contributed by atoms with Crippen molar-refractivity contribution < 1.29 is 34.2 Å². The van der Waals surface area contributed by atoms with Crippen molar-refractivity contribution in [3.05, 3.63) is 0 Å². The quantitative estimate of drug-likeness (QED) is 0.0354. The Balaban J connectivity index is 5.56. The van der Waals surface area contributed by atoms with Crippen molar-refractivity contribution in [2.24, 2.45) is 38.7 Å². The molecule has 17 nitrogen and oxygen atoms in total. The molecule has 15 N–H and O–H groups in total. The zero-order valence-electron chi connectivity index (χ0n) is 22.5. The number of rotatable bonds is 21. The first-order valence-corrected chi connectivity index (χ1v) is 13.9. The number of guanidine groups is 2. The zero-order valence-corrected chi connectivity index (χ0v) is 23.3. The maximum atomic E-state index is 13.2. The summed E-state index contributed by atoms with van der Waals surface area (Å²) in [5.41, 5.74) is 27.1. The van der Waals surface area contributed by atoms with Crippen LogP contribution in [-0.4, -0.2) is 101 Å². The molecule has 0 fully saturated rings. The van der Waals surface area contributed by atoms with Gasteiger partial charge in [0.1, 0.15) is 18.1 Å².